The number of nitro benzene ring substituents is 1. The monoisotopic (exact) mass is 297 g/mol. The Kier molecular flexibility index (Phi) is 4.81. The summed E-state index contributed by atoms with van der Waals surface area (Å²) in [6.45, 7) is 4.65. The molecule has 0 bridgehead atoms. The molecule has 0 spiro atoms. The maximum Gasteiger partial charge on any atom is 0.289 e. The molecule has 0 aliphatic carbocycles. The minimum Gasteiger partial charge on any atom is -0.258 e. The van der Waals surface area contributed by atoms with Crippen molar-refractivity contribution in [3.05, 3.63) is 33.4 Å². The lowest BCUT2D eigenvalue weighted by molar-refractivity contribution is -0.387. The van der Waals surface area contributed by atoms with E-state index in [1.807, 2.05) is 0 Å². The zero-order valence-corrected chi connectivity index (χ0v) is 12.3. The first-order valence-electron chi connectivity index (χ1n) is 5.88. The van der Waals surface area contributed by atoms with Crippen molar-refractivity contribution >= 4 is 15.7 Å². The first-order valence-corrected chi connectivity index (χ1v) is 7.32. The van der Waals surface area contributed by atoms with E-state index in [-0.39, 0.29) is 18.0 Å². The molecule has 7 nitrogen and oxygen atoms in total. The van der Waals surface area contributed by atoms with Crippen LogP contribution in [0.15, 0.2) is 17.0 Å². The highest BCUT2D eigenvalue weighted by molar-refractivity contribution is 7.89. The van der Waals surface area contributed by atoms with E-state index in [0.29, 0.717) is 11.1 Å². The van der Waals surface area contributed by atoms with Crippen LogP contribution in [0.25, 0.3) is 0 Å². The summed E-state index contributed by atoms with van der Waals surface area (Å²) < 4.78 is 25.7. The van der Waals surface area contributed by atoms with Crippen LogP contribution in [-0.4, -0.2) is 30.7 Å². The Balaban J connectivity index is 3.56. The standard InChI is InChI=1S/C12H15N3O4S/c1-4-14(6-5-13)20(18,19)12-8-10(3)9(2)7-11(12)15(16)17/h7-8H,4,6H2,1-3H3. The van der Waals surface area contributed by atoms with Gasteiger partial charge < -0.3 is 0 Å². The van der Waals surface area contributed by atoms with Gasteiger partial charge in [-0.25, -0.2) is 8.42 Å². The maximum absolute atomic E-state index is 12.4. The zero-order valence-electron chi connectivity index (χ0n) is 11.5. The smallest absolute Gasteiger partial charge is 0.258 e. The summed E-state index contributed by atoms with van der Waals surface area (Å²) in [5, 5.41) is 19.7. The summed E-state index contributed by atoms with van der Waals surface area (Å²) in [6, 6.07) is 4.27. The Hall–Kier alpha value is -1.98. The van der Waals surface area contributed by atoms with E-state index in [1.165, 1.54) is 12.1 Å². The van der Waals surface area contributed by atoms with Crippen LogP contribution in [0, 0.1) is 35.3 Å². The summed E-state index contributed by atoms with van der Waals surface area (Å²) in [7, 11) is -4.06. The first-order chi connectivity index (χ1) is 9.25. The van der Waals surface area contributed by atoms with Crippen molar-refractivity contribution in [1.82, 2.24) is 4.31 Å². The van der Waals surface area contributed by atoms with Crippen LogP contribution in [0.1, 0.15) is 18.1 Å². The second-order valence-electron chi connectivity index (χ2n) is 4.25. The van der Waals surface area contributed by atoms with Crippen LogP contribution in [0.5, 0.6) is 0 Å². The number of aryl methyl sites for hydroxylation is 2. The normalized spacial score (nSPS) is 11.3. The molecule has 108 valence electrons. The van der Waals surface area contributed by atoms with E-state index >= 15 is 0 Å². The molecule has 0 saturated carbocycles. The van der Waals surface area contributed by atoms with Crippen LogP contribution < -0.4 is 0 Å². The molecule has 0 fully saturated rings. The average Bonchev–Trinajstić information content (AvgIpc) is 2.37. The molecule has 8 heteroatoms. The fourth-order valence-corrected chi connectivity index (χ4v) is 3.28. The fraction of sp³-hybridized carbons (Fsp3) is 0.417. The topological polar surface area (TPSA) is 104 Å². The minimum atomic E-state index is -4.06. The summed E-state index contributed by atoms with van der Waals surface area (Å²) >= 11 is 0. The molecule has 0 aliphatic heterocycles. The molecule has 0 aliphatic rings. The Morgan fingerprint density at radius 1 is 1.35 bits per heavy atom. The zero-order chi connectivity index (χ0) is 15.5. The summed E-state index contributed by atoms with van der Waals surface area (Å²) in [4.78, 5) is 9.96. The van der Waals surface area contributed by atoms with Gasteiger partial charge in [-0.3, -0.25) is 10.1 Å². The Bertz CT molecular complexity index is 677. The van der Waals surface area contributed by atoms with Gasteiger partial charge >= 0.3 is 0 Å². The number of nitro groups is 1. The molecule has 1 aromatic carbocycles. The molecular weight excluding hydrogens is 282 g/mol. The van der Waals surface area contributed by atoms with Crippen molar-refractivity contribution in [3.63, 3.8) is 0 Å². The average molecular weight is 297 g/mol. The van der Waals surface area contributed by atoms with E-state index in [0.717, 1.165) is 4.31 Å². The number of hydrogen-bond acceptors (Lipinski definition) is 5. The molecule has 1 aromatic rings. The second-order valence-corrected chi connectivity index (χ2v) is 6.16. The van der Waals surface area contributed by atoms with Crippen LogP contribution in [-0.2, 0) is 10.0 Å². The maximum atomic E-state index is 12.4. The van der Waals surface area contributed by atoms with Crippen molar-refractivity contribution < 1.29 is 13.3 Å². The fourth-order valence-electron chi connectivity index (χ4n) is 1.71. The third-order valence-electron chi connectivity index (χ3n) is 2.99. The number of hydrogen-bond donors (Lipinski definition) is 0. The lowest BCUT2D eigenvalue weighted by Gasteiger charge is -2.17. The van der Waals surface area contributed by atoms with Crippen molar-refractivity contribution in [1.29, 1.82) is 5.26 Å². The van der Waals surface area contributed by atoms with Gasteiger partial charge in [-0.05, 0) is 31.0 Å². The van der Waals surface area contributed by atoms with Crippen molar-refractivity contribution in [2.45, 2.75) is 25.7 Å². The van der Waals surface area contributed by atoms with Gasteiger partial charge in [0.2, 0.25) is 0 Å². The van der Waals surface area contributed by atoms with Gasteiger partial charge in [0.05, 0.1) is 11.0 Å². The minimum absolute atomic E-state index is 0.0694. The molecule has 0 heterocycles. The summed E-state index contributed by atoms with van der Waals surface area (Å²) in [6.07, 6.45) is 0. The predicted octanol–water partition coefficient (Wildman–Crippen LogP) is 1.75. The molecule has 0 N–H and O–H groups in total. The number of rotatable bonds is 5. The first kappa shape index (κ1) is 16.1. The van der Waals surface area contributed by atoms with Gasteiger partial charge in [-0.15, -0.1) is 0 Å². The van der Waals surface area contributed by atoms with E-state index in [4.69, 9.17) is 5.26 Å². The quantitative estimate of drug-likeness (QED) is 0.467. The summed E-state index contributed by atoms with van der Waals surface area (Å²) in [5.41, 5.74) is 0.811. The highest BCUT2D eigenvalue weighted by Gasteiger charge is 2.31. The highest BCUT2D eigenvalue weighted by atomic mass is 32.2. The molecule has 0 amide bonds. The van der Waals surface area contributed by atoms with E-state index in [1.54, 1.807) is 26.8 Å². The van der Waals surface area contributed by atoms with Gasteiger partial charge in [0, 0.05) is 12.6 Å². The van der Waals surface area contributed by atoms with Gasteiger partial charge in [-0.2, -0.15) is 9.57 Å². The Morgan fingerprint density at radius 3 is 2.35 bits per heavy atom. The Morgan fingerprint density at radius 2 is 1.90 bits per heavy atom. The van der Waals surface area contributed by atoms with Gasteiger partial charge in [-0.1, -0.05) is 6.92 Å². The van der Waals surface area contributed by atoms with Crippen LogP contribution in [0.4, 0.5) is 5.69 Å². The van der Waals surface area contributed by atoms with Gasteiger partial charge in [0.1, 0.15) is 6.54 Å². The molecule has 0 saturated heterocycles. The third kappa shape index (κ3) is 2.95. The van der Waals surface area contributed by atoms with Crippen molar-refractivity contribution in [2.75, 3.05) is 13.1 Å². The lowest BCUT2D eigenvalue weighted by atomic mass is 10.1. The van der Waals surface area contributed by atoms with Crippen molar-refractivity contribution in [3.8, 4) is 6.07 Å². The van der Waals surface area contributed by atoms with Crippen molar-refractivity contribution in [2.24, 2.45) is 0 Å². The van der Waals surface area contributed by atoms with Gasteiger partial charge in [0.15, 0.2) is 4.90 Å². The molecule has 1 rings (SSSR count). The van der Waals surface area contributed by atoms with Crippen LogP contribution in [0.2, 0.25) is 0 Å². The number of nitriles is 1. The molecule has 20 heavy (non-hydrogen) atoms. The number of nitrogens with zero attached hydrogens (tertiary/aromatic N) is 3. The molecule has 0 atom stereocenters. The van der Waals surface area contributed by atoms with Crippen LogP contribution in [0.3, 0.4) is 0 Å². The van der Waals surface area contributed by atoms with E-state index in [2.05, 4.69) is 0 Å². The predicted molar refractivity (Wildman–Crippen MR) is 72.6 cm³/mol. The number of benzene rings is 1. The SMILES string of the molecule is CCN(CC#N)S(=O)(=O)c1cc(C)c(C)cc1[N+](=O)[O-]. The van der Waals surface area contributed by atoms with Gasteiger partial charge in [0.25, 0.3) is 15.7 Å². The van der Waals surface area contributed by atoms with E-state index in [9.17, 15) is 18.5 Å². The summed E-state index contributed by atoms with van der Waals surface area (Å²) in [5.74, 6) is 0. The largest absolute Gasteiger partial charge is 0.289 e. The molecular formula is C12H15N3O4S. The molecule has 0 radical (unpaired) electrons. The second kappa shape index (κ2) is 5.98. The molecule has 0 unspecified atom stereocenters. The third-order valence-corrected chi connectivity index (χ3v) is 4.94. The van der Waals surface area contributed by atoms with E-state index < -0.39 is 20.6 Å². The molecule has 0 aromatic heterocycles. The highest BCUT2D eigenvalue weighted by Crippen LogP contribution is 2.29. The number of sulfonamides is 1. The Labute approximate surface area is 117 Å². The van der Waals surface area contributed by atoms with Crippen LogP contribution >= 0.6 is 0 Å². The lowest BCUT2D eigenvalue weighted by Crippen LogP contribution is -2.31.